The van der Waals surface area contributed by atoms with E-state index in [4.69, 9.17) is 5.73 Å². The highest BCUT2D eigenvalue weighted by atomic mass is 79.9. The molecule has 3 nitrogen and oxygen atoms in total. The summed E-state index contributed by atoms with van der Waals surface area (Å²) in [5, 5.41) is 2.29. The van der Waals surface area contributed by atoms with Crippen LogP contribution in [0.5, 0.6) is 0 Å². The van der Waals surface area contributed by atoms with Crippen LogP contribution in [0.25, 0.3) is 10.8 Å². The third-order valence-corrected chi connectivity index (χ3v) is 5.56. The average molecular weight is 395 g/mol. The number of benzene rings is 3. The van der Waals surface area contributed by atoms with Crippen LogP contribution in [-0.2, 0) is 24.3 Å². The average Bonchev–Trinajstić information content (AvgIpc) is 3.06. The fourth-order valence-corrected chi connectivity index (χ4v) is 4.06. The molecule has 0 radical (unpaired) electrons. The first-order valence-corrected chi connectivity index (χ1v) is 9.20. The first kappa shape index (κ1) is 16.3. The van der Waals surface area contributed by atoms with Gasteiger partial charge in [0.05, 0.1) is 6.04 Å². The van der Waals surface area contributed by atoms with E-state index in [9.17, 15) is 4.79 Å². The van der Waals surface area contributed by atoms with Gasteiger partial charge >= 0.3 is 0 Å². The highest BCUT2D eigenvalue weighted by molar-refractivity contribution is 9.10. The first-order chi connectivity index (χ1) is 12.1. The monoisotopic (exact) mass is 394 g/mol. The largest absolute Gasteiger partial charge is 0.333 e. The second kappa shape index (κ2) is 6.62. The van der Waals surface area contributed by atoms with E-state index in [1.54, 1.807) is 0 Å². The summed E-state index contributed by atoms with van der Waals surface area (Å²) >= 11 is 3.59. The summed E-state index contributed by atoms with van der Waals surface area (Å²) in [5.41, 5.74) is 9.84. The molecule has 3 aromatic rings. The topological polar surface area (TPSA) is 46.3 Å². The van der Waals surface area contributed by atoms with Crippen LogP contribution in [0, 0.1) is 0 Å². The Morgan fingerprint density at radius 1 is 0.960 bits per heavy atom. The molecule has 1 heterocycles. The van der Waals surface area contributed by atoms with E-state index < -0.39 is 6.04 Å². The van der Waals surface area contributed by atoms with Crippen LogP contribution >= 0.6 is 15.9 Å². The van der Waals surface area contributed by atoms with Gasteiger partial charge in [-0.3, -0.25) is 4.79 Å². The van der Waals surface area contributed by atoms with Gasteiger partial charge in [-0.15, -0.1) is 0 Å². The molecule has 0 bridgehead atoms. The number of nitrogens with zero attached hydrogens (tertiary/aromatic N) is 1. The molecule has 0 spiro atoms. The minimum atomic E-state index is -0.529. The zero-order valence-electron chi connectivity index (χ0n) is 13.8. The molecular weight excluding hydrogens is 376 g/mol. The van der Waals surface area contributed by atoms with Crippen LogP contribution in [0.4, 0.5) is 0 Å². The number of carbonyl (C=O) groups excluding carboxylic acids is 1. The molecule has 25 heavy (non-hydrogen) atoms. The number of hydrogen-bond donors (Lipinski definition) is 1. The van der Waals surface area contributed by atoms with Crippen LogP contribution < -0.4 is 5.73 Å². The Morgan fingerprint density at radius 2 is 1.60 bits per heavy atom. The third-order valence-electron chi connectivity index (χ3n) is 4.87. The number of amides is 1. The summed E-state index contributed by atoms with van der Waals surface area (Å²) in [4.78, 5) is 14.7. The quantitative estimate of drug-likeness (QED) is 0.729. The van der Waals surface area contributed by atoms with Crippen molar-refractivity contribution in [1.29, 1.82) is 0 Å². The number of carbonyl (C=O) groups is 1. The lowest BCUT2D eigenvalue weighted by Gasteiger charge is -2.21. The zero-order chi connectivity index (χ0) is 17.4. The van der Waals surface area contributed by atoms with E-state index >= 15 is 0 Å². The van der Waals surface area contributed by atoms with Gasteiger partial charge in [0.15, 0.2) is 0 Å². The Bertz CT molecular complexity index is 929. The second-order valence-electron chi connectivity index (χ2n) is 6.53. The van der Waals surface area contributed by atoms with Gasteiger partial charge in [-0.2, -0.15) is 0 Å². The molecule has 4 heteroatoms. The lowest BCUT2D eigenvalue weighted by Crippen LogP contribution is -2.42. The summed E-state index contributed by atoms with van der Waals surface area (Å²) in [6, 6.07) is 19.9. The molecule has 0 saturated heterocycles. The fraction of sp³-hybridized carbons (Fsp3) is 0.190. The molecule has 1 aliphatic rings. The van der Waals surface area contributed by atoms with E-state index in [2.05, 4.69) is 46.3 Å². The lowest BCUT2D eigenvalue weighted by atomic mass is 9.98. The Kier molecular flexibility index (Phi) is 4.32. The molecule has 126 valence electrons. The van der Waals surface area contributed by atoms with Crippen molar-refractivity contribution in [2.75, 3.05) is 0 Å². The first-order valence-electron chi connectivity index (χ1n) is 8.41. The smallest absolute Gasteiger partial charge is 0.240 e. The molecule has 1 atom stereocenters. The summed E-state index contributed by atoms with van der Waals surface area (Å²) in [6.45, 7) is 1.31. The summed E-state index contributed by atoms with van der Waals surface area (Å²) in [5.74, 6) is 0.0169. The molecular formula is C21H19BrN2O. The van der Waals surface area contributed by atoms with E-state index in [1.165, 1.54) is 11.1 Å². The van der Waals surface area contributed by atoms with Crippen LogP contribution in [0.1, 0.15) is 16.7 Å². The number of halogens is 1. The molecule has 0 saturated carbocycles. The summed E-state index contributed by atoms with van der Waals surface area (Å²) in [6.07, 6.45) is 0.541. The summed E-state index contributed by atoms with van der Waals surface area (Å²) in [7, 11) is 0. The van der Waals surface area contributed by atoms with Gasteiger partial charge in [-0.25, -0.2) is 0 Å². The maximum Gasteiger partial charge on any atom is 0.240 e. The zero-order valence-corrected chi connectivity index (χ0v) is 15.4. The Balaban J connectivity index is 1.54. The van der Waals surface area contributed by atoms with Crippen molar-refractivity contribution in [3.8, 4) is 0 Å². The maximum atomic E-state index is 12.8. The minimum Gasteiger partial charge on any atom is -0.333 e. The molecule has 0 aromatic heterocycles. The van der Waals surface area contributed by atoms with Gasteiger partial charge in [0, 0.05) is 17.6 Å². The van der Waals surface area contributed by atoms with E-state index in [0.29, 0.717) is 19.5 Å². The normalized spacial score (nSPS) is 14.6. The van der Waals surface area contributed by atoms with Crippen molar-refractivity contribution in [3.63, 3.8) is 0 Å². The van der Waals surface area contributed by atoms with Gasteiger partial charge in [-0.1, -0.05) is 70.5 Å². The Hall–Kier alpha value is -2.17. The molecule has 0 aliphatic carbocycles. The van der Waals surface area contributed by atoms with Crippen LogP contribution in [0.15, 0.2) is 65.1 Å². The molecule has 1 unspecified atom stereocenters. The Labute approximate surface area is 155 Å². The molecule has 1 aliphatic heterocycles. The number of fused-ring (bicyclic) bond motifs is 2. The van der Waals surface area contributed by atoms with Crippen molar-refractivity contribution >= 4 is 32.6 Å². The van der Waals surface area contributed by atoms with E-state index in [0.717, 1.165) is 20.8 Å². The van der Waals surface area contributed by atoms with Gasteiger partial charge in [0.1, 0.15) is 0 Å². The molecule has 2 N–H and O–H groups in total. The standard InChI is InChI=1S/C21H19BrN2O/c22-19-10-4-8-17-14(7-3-9-18(17)19)11-20(23)21(25)24-12-15-5-1-2-6-16(15)13-24/h1-10,20H,11-13,23H2. The minimum absolute atomic E-state index is 0.0169. The molecule has 3 aromatic carbocycles. The highest BCUT2D eigenvalue weighted by Gasteiger charge is 2.27. The van der Waals surface area contributed by atoms with Crippen molar-refractivity contribution in [2.24, 2.45) is 5.73 Å². The Morgan fingerprint density at radius 3 is 2.32 bits per heavy atom. The number of nitrogens with two attached hydrogens (primary N) is 1. The molecule has 0 fully saturated rings. The maximum absolute atomic E-state index is 12.8. The summed E-state index contributed by atoms with van der Waals surface area (Å²) < 4.78 is 1.06. The predicted octanol–water partition coefficient (Wildman–Crippen LogP) is 4.01. The van der Waals surface area contributed by atoms with Crippen molar-refractivity contribution in [3.05, 3.63) is 81.8 Å². The number of rotatable bonds is 3. The van der Waals surface area contributed by atoms with Crippen LogP contribution in [0.3, 0.4) is 0 Å². The van der Waals surface area contributed by atoms with Crippen LogP contribution in [0.2, 0.25) is 0 Å². The van der Waals surface area contributed by atoms with Crippen molar-refractivity contribution in [2.45, 2.75) is 25.6 Å². The molecule has 1 amide bonds. The van der Waals surface area contributed by atoms with E-state index in [1.807, 2.05) is 35.2 Å². The molecule has 4 rings (SSSR count). The van der Waals surface area contributed by atoms with Gasteiger partial charge in [0.2, 0.25) is 5.91 Å². The number of hydrogen-bond acceptors (Lipinski definition) is 2. The van der Waals surface area contributed by atoms with Crippen molar-refractivity contribution in [1.82, 2.24) is 4.90 Å². The van der Waals surface area contributed by atoms with E-state index in [-0.39, 0.29) is 5.91 Å². The lowest BCUT2D eigenvalue weighted by molar-refractivity contribution is -0.133. The highest BCUT2D eigenvalue weighted by Crippen LogP contribution is 2.28. The van der Waals surface area contributed by atoms with Crippen molar-refractivity contribution < 1.29 is 4.79 Å². The van der Waals surface area contributed by atoms with Gasteiger partial charge in [-0.05, 0) is 39.9 Å². The van der Waals surface area contributed by atoms with Gasteiger partial charge < -0.3 is 10.6 Å². The third kappa shape index (κ3) is 3.08. The van der Waals surface area contributed by atoms with Gasteiger partial charge in [0.25, 0.3) is 0 Å². The van der Waals surface area contributed by atoms with Crippen LogP contribution in [-0.4, -0.2) is 16.8 Å². The SMILES string of the molecule is NC(Cc1cccc2c(Br)cccc12)C(=O)N1Cc2ccccc2C1. The second-order valence-corrected chi connectivity index (χ2v) is 7.38. The fourth-order valence-electron chi connectivity index (χ4n) is 3.56. The predicted molar refractivity (Wildman–Crippen MR) is 104 cm³/mol.